The van der Waals surface area contributed by atoms with E-state index in [1.165, 1.54) is 19.3 Å². The quantitative estimate of drug-likeness (QED) is 0.755. The molecule has 21 heavy (non-hydrogen) atoms. The number of hydrogen-bond donors (Lipinski definition) is 0. The fourth-order valence-electron chi connectivity index (χ4n) is 2.89. The maximum Gasteiger partial charge on any atom is 0.307 e. The van der Waals surface area contributed by atoms with Gasteiger partial charge in [-0.3, -0.25) is 9.69 Å². The molecule has 0 saturated carbocycles. The average molecular weight is 291 g/mol. The zero-order chi connectivity index (χ0) is 15.1. The van der Waals surface area contributed by atoms with Crippen LogP contribution in [0.2, 0.25) is 0 Å². The average Bonchev–Trinajstić information content (AvgIpc) is 2.54. The standard InChI is InChI=1S/C17H25NO3/c1-3-21-17(19)13-16(18-11-5-4-6-12-18)14-7-9-15(20-2)10-8-14/h7-10,16H,3-6,11-13H2,1-2H3. The first-order valence-corrected chi connectivity index (χ1v) is 7.78. The van der Waals surface area contributed by atoms with Gasteiger partial charge in [0.1, 0.15) is 5.75 Å². The number of piperidine rings is 1. The van der Waals surface area contributed by atoms with Crippen molar-refractivity contribution in [2.24, 2.45) is 0 Å². The minimum atomic E-state index is -0.121. The minimum absolute atomic E-state index is 0.107. The summed E-state index contributed by atoms with van der Waals surface area (Å²) >= 11 is 0. The first kappa shape index (κ1) is 15.8. The van der Waals surface area contributed by atoms with Gasteiger partial charge in [-0.25, -0.2) is 0 Å². The van der Waals surface area contributed by atoms with E-state index in [-0.39, 0.29) is 12.0 Å². The molecule has 116 valence electrons. The number of esters is 1. The molecule has 1 heterocycles. The van der Waals surface area contributed by atoms with Gasteiger partial charge in [-0.15, -0.1) is 0 Å². The summed E-state index contributed by atoms with van der Waals surface area (Å²) in [4.78, 5) is 14.3. The van der Waals surface area contributed by atoms with Gasteiger partial charge in [0, 0.05) is 6.04 Å². The first-order chi connectivity index (χ1) is 10.2. The van der Waals surface area contributed by atoms with Crippen molar-refractivity contribution in [2.45, 2.75) is 38.6 Å². The van der Waals surface area contributed by atoms with E-state index in [0.29, 0.717) is 13.0 Å². The highest BCUT2D eigenvalue weighted by molar-refractivity contribution is 5.70. The highest BCUT2D eigenvalue weighted by Gasteiger charge is 2.25. The Balaban J connectivity index is 2.14. The lowest BCUT2D eigenvalue weighted by Crippen LogP contribution is -2.35. The molecule has 1 fully saturated rings. The molecule has 1 unspecified atom stereocenters. The smallest absolute Gasteiger partial charge is 0.307 e. The van der Waals surface area contributed by atoms with E-state index in [1.807, 2.05) is 19.1 Å². The van der Waals surface area contributed by atoms with E-state index in [0.717, 1.165) is 24.4 Å². The molecule has 0 aromatic heterocycles. The van der Waals surface area contributed by atoms with E-state index < -0.39 is 0 Å². The number of nitrogens with zero attached hydrogens (tertiary/aromatic N) is 1. The van der Waals surface area contributed by atoms with Crippen LogP contribution < -0.4 is 4.74 Å². The maximum absolute atomic E-state index is 11.9. The molecule has 2 rings (SSSR count). The fourth-order valence-corrected chi connectivity index (χ4v) is 2.89. The number of carbonyl (C=O) groups excluding carboxylic acids is 1. The number of carbonyl (C=O) groups is 1. The highest BCUT2D eigenvalue weighted by atomic mass is 16.5. The summed E-state index contributed by atoms with van der Waals surface area (Å²) in [5.74, 6) is 0.719. The van der Waals surface area contributed by atoms with Gasteiger partial charge in [0.2, 0.25) is 0 Å². The second kappa shape index (κ2) is 8.03. The zero-order valence-electron chi connectivity index (χ0n) is 13.0. The van der Waals surface area contributed by atoms with Crippen LogP contribution in [0.15, 0.2) is 24.3 Å². The van der Waals surface area contributed by atoms with Crippen molar-refractivity contribution < 1.29 is 14.3 Å². The molecular weight excluding hydrogens is 266 g/mol. The Morgan fingerprint density at radius 2 is 1.86 bits per heavy atom. The third-order valence-electron chi connectivity index (χ3n) is 4.00. The van der Waals surface area contributed by atoms with Crippen LogP contribution in [0.25, 0.3) is 0 Å². The Morgan fingerprint density at radius 3 is 2.43 bits per heavy atom. The Hall–Kier alpha value is -1.55. The Morgan fingerprint density at radius 1 is 1.19 bits per heavy atom. The largest absolute Gasteiger partial charge is 0.497 e. The predicted octanol–water partition coefficient (Wildman–Crippen LogP) is 3.18. The molecule has 0 bridgehead atoms. The normalized spacial score (nSPS) is 17.2. The Bertz CT molecular complexity index is 438. The number of likely N-dealkylation sites (tertiary alicyclic amines) is 1. The molecule has 0 radical (unpaired) electrons. The maximum atomic E-state index is 11.9. The van der Waals surface area contributed by atoms with Crippen LogP contribution in [0.5, 0.6) is 5.75 Å². The number of methoxy groups -OCH3 is 1. The summed E-state index contributed by atoms with van der Waals surface area (Å²) in [6.45, 7) is 4.39. The van der Waals surface area contributed by atoms with E-state index in [2.05, 4.69) is 17.0 Å². The lowest BCUT2D eigenvalue weighted by molar-refractivity contribution is -0.144. The van der Waals surface area contributed by atoms with E-state index in [4.69, 9.17) is 9.47 Å². The van der Waals surface area contributed by atoms with Crippen molar-refractivity contribution in [1.29, 1.82) is 0 Å². The molecule has 1 atom stereocenters. The molecule has 0 amide bonds. The van der Waals surface area contributed by atoms with Crippen LogP contribution in [0.3, 0.4) is 0 Å². The van der Waals surface area contributed by atoms with Gasteiger partial charge in [-0.05, 0) is 50.6 Å². The van der Waals surface area contributed by atoms with Gasteiger partial charge < -0.3 is 9.47 Å². The van der Waals surface area contributed by atoms with Crippen LogP contribution in [-0.2, 0) is 9.53 Å². The number of rotatable bonds is 6. The third-order valence-corrected chi connectivity index (χ3v) is 4.00. The summed E-state index contributed by atoms with van der Waals surface area (Å²) in [6, 6.07) is 8.12. The van der Waals surface area contributed by atoms with Gasteiger partial charge in [0.15, 0.2) is 0 Å². The Labute approximate surface area is 127 Å². The van der Waals surface area contributed by atoms with Gasteiger partial charge in [-0.2, -0.15) is 0 Å². The van der Waals surface area contributed by atoms with E-state index >= 15 is 0 Å². The van der Waals surface area contributed by atoms with Crippen LogP contribution >= 0.6 is 0 Å². The van der Waals surface area contributed by atoms with Crippen molar-refractivity contribution in [3.05, 3.63) is 29.8 Å². The SMILES string of the molecule is CCOC(=O)CC(c1ccc(OC)cc1)N1CCCCC1. The molecule has 4 nitrogen and oxygen atoms in total. The zero-order valence-corrected chi connectivity index (χ0v) is 13.0. The van der Waals surface area contributed by atoms with Crippen molar-refractivity contribution in [1.82, 2.24) is 4.90 Å². The van der Waals surface area contributed by atoms with Crippen LogP contribution in [0.1, 0.15) is 44.2 Å². The van der Waals surface area contributed by atoms with Crippen molar-refractivity contribution in [3.63, 3.8) is 0 Å². The molecule has 1 aliphatic rings. The molecule has 1 saturated heterocycles. The summed E-state index contributed by atoms with van der Waals surface area (Å²) in [7, 11) is 1.66. The summed E-state index contributed by atoms with van der Waals surface area (Å²) in [5.41, 5.74) is 1.16. The third kappa shape index (κ3) is 4.46. The molecule has 0 aliphatic carbocycles. The van der Waals surface area contributed by atoms with Crippen LogP contribution in [-0.4, -0.2) is 37.7 Å². The number of benzene rings is 1. The molecule has 0 spiro atoms. The summed E-state index contributed by atoms with van der Waals surface area (Å²) in [6.07, 6.45) is 4.11. The second-order valence-electron chi connectivity index (χ2n) is 5.39. The van der Waals surface area contributed by atoms with Crippen molar-refractivity contribution >= 4 is 5.97 Å². The van der Waals surface area contributed by atoms with Gasteiger partial charge in [0.25, 0.3) is 0 Å². The molecule has 0 N–H and O–H groups in total. The molecular formula is C17H25NO3. The minimum Gasteiger partial charge on any atom is -0.497 e. The number of hydrogen-bond acceptors (Lipinski definition) is 4. The Kier molecular flexibility index (Phi) is 6.05. The lowest BCUT2D eigenvalue weighted by atomic mass is 9.99. The molecule has 1 aliphatic heterocycles. The molecule has 1 aromatic rings. The van der Waals surface area contributed by atoms with Crippen LogP contribution in [0.4, 0.5) is 0 Å². The second-order valence-corrected chi connectivity index (χ2v) is 5.39. The summed E-state index contributed by atoms with van der Waals surface area (Å²) in [5, 5.41) is 0. The molecule has 1 aromatic carbocycles. The first-order valence-electron chi connectivity index (χ1n) is 7.78. The highest BCUT2D eigenvalue weighted by Crippen LogP contribution is 2.29. The van der Waals surface area contributed by atoms with Crippen molar-refractivity contribution in [3.8, 4) is 5.75 Å². The predicted molar refractivity (Wildman–Crippen MR) is 82.4 cm³/mol. The van der Waals surface area contributed by atoms with Crippen LogP contribution in [0, 0.1) is 0 Å². The number of ether oxygens (including phenoxy) is 2. The fraction of sp³-hybridized carbons (Fsp3) is 0.588. The monoisotopic (exact) mass is 291 g/mol. The summed E-state index contributed by atoms with van der Waals surface area (Å²) < 4.78 is 10.3. The topological polar surface area (TPSA) is 38.8 Å². The van der Waals surface area contributed by atoms with Gasteiger partial charge >= 0.3 is 5.97 Å². The van der Waals surface area contributed by atoms with Gasteiger partial charge in [-0.1, -0.05) is 18.6 Å². The van der Waals surface area contributed by atoms with Gasteiger partial charge in [0.05, 0.1) is 20.1 Å². The van der Waals surface area contributed by atoms with E-state index in [1.54, 1.807) is 7.11 Å². The van der Waals surface area contributed by atoms with Crippen molar-refractivity contribution in [2.75, 3.05) is 26.8 Å². The van der Waals surface area contributed by atoms with E-state index in [9.17, 15) is 4.79 Å². The lowest BCUT2D eigenvalue weighted by Gasteiger charge is -2.34. The molecule has 4 heteroatoms.